The number of rotatable bonds is 2. The lowest BCUT2D eigenvalue weighted by molar-refractivity contribution is 0.0661. The molecule has 21 heavy (non-hydrogen) atoms. The van der Waals surface area contributed by atoms with E-state index in [0.29, 0.717) is 18.6 Å². The highest BCUT2D eigenvalue weighted by molar-refractivity contribution is 6.06. The summed E-state index contributed by atoms with van der Waals surface area (Å²) < 4.78 is 0. The minimum atomic E-state index is -1.17. The van der Waals surface area contributed by atoms with E-state index in [2.05, 4.69) is 4.98 Å². The summed E-state index contributed by atoms with van der Waals surface area (Å²) in [6, 6.07) is 8.87. The van der Waals surface area contributed by atoms with Gasteiger partial charge in [0.2, 0.25) is 0 Å². The molecule has 0 saturated carbocycles. The van der Waals surface area contributed by atoms with Crippen molar-refractivity contribution in [2.24, 2.45) is 0 Å². The monoisotopic (exact) mass is 284 g/mol. The number of pyridine rings is 1. The molecule has 0 bridgehead atoms. The molecule has 0 radical (unpaired) electrons. The molecule has 1 aromatic heterocycles. The van der Waals surface area contributed by atoms with Crippen molar-refractivity contribution in [3.63, 3.8) is 0 Å². The standard InChI is InChI=1S/C16H16N2O3/c19-15(18-8-4-1-5-9-18)12-10-11-6-2-3-7-13(11)17-14(12)16(20)21/h2-3,6-7,10H,1,4-5,8-9H2,(H,20,21). The summed E-state index contributed by atoms with van der Waals surface area (Å²) in [4.78, 5) is 29.9. The first-order chi connectivity index (χ1) is 10.2. The zero-order valence-corrected chi connectivity index (χ0v) is 11.6. The number of likely N-dealkylation sites (tertiary alicyclic amines) is 1. The third kappa shape index (κ3) is 2.59. The van der Waals surface area contributed by atoms with Crippen LogP contribution in [0, 0.1) is 0 Å². The van der Waals surface area contributed by atoms with E-state index in [1.54, 1.807) is 23.1 Å². The van der Waals surface area contributed by atoms with E-state index in [4.69, 9.17) is 0 Å². The van der Waals surface area contributed by atoms with E-state index in [9.17, 15) is 14.7 Å². The molecule has 1 N–H and O–H groups in total. The van der Waals surface area contributed by atoms with Crippen molar-refractivity contribution < 1.29 is 14.7 Å². The molecule has 1 fully saturated rings. The van der Waals surface area contributed by atoms with Crippen LogP contribution < -0.4 is 0 Å². The van der Waals surface area contributed by atoms with E-state index >= 15 is 0 Å². The molecule has 2 heterocycles. The Morgan fingerprint density at radius 3 is 2.52 bits per heavy atom. The van der Waals surface area contributed by atoms with Crippen LogP contribution in [0.2, 0.25) is 0 Å². The maximum absolute atomic E-state index is 12.6. The molecule has 3 rings (SSSR count). The van der Waals surface area contributed by atoms with Gasteiger partial charge in [-0.15, -0.1) is 0 Å². The number of nitrogens with zero attached hydrogens (tertiary/aromatic N) is 2. The summed E-state index contributed by atoms with van der Waals surface area (Å²) in [6.07, 6.45) is 3.05. The first kappa shape index (κ1) is 13.5. The van der Waals surface area contributed by atoms with Crippen molar-refractivity contribution >= 4 is 22.8 Å². The second-order valence-electron chi connectivity index (χ2n) is 5.24. The molecule has 1 aliphatic heterocycles. The van der Waals surface area contributed by atoms with Crippen LogP contribution in [0.4, 0.5) is 0 Å². The SMILES string of the molecule is O=C(O)c1nc2ccccc2cc1C(=O)N1CCCCC1. The van der Waals surface area contributed by atoms with Crippen LogP contribution in [0.25, 0.3) is 10.9 Å². The number of carbonyl (C=O) groups is 2. The highest BCUT2D eigenvalue weighted by Crippen LogP contribution is 2.20. The topological polar surface area (TPSA) is 70.5 Å². The predicted octanol–water partition coefficient (Wildman–Crippen LogP) is 2.56. The lowest BCUT2D eigenvalue weighted by Crippen LogP contribution is -2.36. The largest absolute Gasteiger partial charge is 0.476 e. The van der Waals surface area contributed by atoms with Gasteiger partial charge in [-0.3, -0.25) is 4.79 Å². The van der Waals surface area contributed by atoms with E-state index in [-0.39, 0.29) is 17.2 Å². The Morgan fingerprint density at radius 2 is 1.81 bits per heavy atom. The average Bonchev–Trinajstić information content (AvgIpc) is 2.53. The van der Waals surface area contributed by atoms with Crippen LogP contribution >= 0.6 is 0 Å². The fourth-order valence-electron chi connectivity index (χ4n) is 2.71. The number of fused-ring (bicyclic) bond motifs is 1. The molecule has 108 valence electrons. The van der Waals surface area contributed by atoms with Crippen molar-refractivity contribution in [2.45, 2.75) is 19.3 Å². The Hall–Kier alpha value is -2.43. The number of amides is 1. The molecule has 2 aromatic rings. The maximum Gasteiger partial charge on any atom is 0.355 e. The smallest absolute Gasteiger partial charge is 0.355 e. The maximum atomic E-state index is 12.6. The van der Waals surface area contributed by atoms with Crippen molar-refractivity contribution in [3.05, 3.63) is 41.6 Å². The molecule has 0 atom stereocenters. The Bertz CT molecular complexity index is 706. The predicted molar refractivity (Wildman–Crippen MR) is 78.5 cm³/mol. The minimum Gasteiger partial charge on any atom is -0.476 e. The summed E-state index contributed by atoms with van der Waals surface area (Å²) >= 11 is 0. The van der Waals surface area contributed by atoms with Gasteiger partial charge >= 0.3 is 5.97 Å². The molecule has 5 nitrogen and oxygen atoms in total. The number of para-hydroxylation sites is 1. The summed E-state index contributed by atoms with van der Waals surface area (Å²) in [5, 5.41) is 10.1. The number of carboxylic acids is 1. The van der Waals surface area contributed by atoms with Gasteiger partial charge in [0, 0.05) is 18.5 Å². The van der Waals surface area contributed by atoms with E-state index in [0.717, 1.165) is 24.6 Å². The van der Waals surface area contributed by atoms with Crippen molar-refractivity contribution in [1.82, 2.24) is 9.88 Å². The summed E-state index contributed by atoms with van der Waals surface area (Å²) in [5.74, 6) is -1.40. The lowest BCUT2D eigenvalue weighted by Gasteiger charge is -2.27. The molecule has 0 unspecified atom stereocenters. The van der Waals surface area contributed by atoms with Gasteiger partial charge in [0.1, 0.15) is 0 Å². The number of aromatic carboxylic acids is 1. The second kappa shape index (κ2) is 5.52. The van der Waals surface area contributed by atoms with Crippen LogP contribution in [0.5, 0.6) is 0 Å². The number of hydrogen-bond acceptors (Lipinski definition) is 3. The van der Waals surface area contributed by atoms with Crippen molar-refractivity contribution in [2.75, 3.05) is 13.1 Å². The Morgan fingerprint density at radius 1 is 1.10 bits per heavy atom. The van der Waals surface area contributed by atoms with Gasteiger partial charge in [-0.2, -0.15) is 0 Å². The normalized spacial score (nSPS) is 15.1. The van der Waals surface area contributed by atoms with Crippen molar-refractivity contribution in [1.29, 1.82) is 0 Å². The number of hydrogen-bond donors (Lipinski definition) is 1. The fraction of sp³-hybridized carbons (Fsp3) is 0.312. The van der Waals surface area contributed by atoms with E-state index < -0.39 is 5.97 Å². The number of aromatic nitrogens is 1. The first-order valence-corrected chi connectivity index (χ1v) is 7.09. The molecule has 1 aliphatic rings. The Labute approximate surface area is 122 Å². The Kier molecular flexibility index (Phi) is 3.56. The highest BCUT2D eigenvalue weighted by atomic mass is 16.4. The number of piperidine rings is 1. The molecule has 0 aliphatic carbocycles. The molecule has 1 amide bonds. The highest BCUT2D eigenvalue weighted by Gasteiger charge is 2.24. The summed E-state index contributed by atoms with van der Waals surface area (Å²) in [5.41, 5.74) is 0.609. The molecule has 0 spiro atoms. The first-order valence-electron chi connectivity index (χ1n) is 7.09. The van der Waals surface area contributed by atoms with Crippen LogP contribution in [-0.4, -0.2) is 40.0 Å². The second-order valence-corrected chi connectivity index (χ2v) is 5.24. The van der Waals surface area contributed by atoms with Crippen molar-refractivity contribution in [3.8, 4) is 0 Å². The third-order valence-electron chi connectivity index (χ3n) is 3.80. The van der Waals surface area contributed by atoms with Gasteiger partial charge in [0.25, 0.3) is 5.91 Å². The van der Waals surface area contributed by atoms with Crippen LogP contribution in [0.15, 0.2) is 30.3 Å². The molecule has 1 aromatic carbocycles. The van der Waals surface area contributed by atoms with Crippen LogP contribution in [0.3, 0.4) is 0 Å². The zero-order valence-electron chi connectivity index (χ0n) is 11.6. The van der Waals surface area contributed by atoms with Gasteiger partial charge in [-0.05, 0) is 31.4 Å². The third-order valence-corrected chi connectivity index (χ3v) is 3.80. The molecule has 5 heteroatoms. The van der Waals surface area contributed by atoms with Gasteiger partial charge < -0.3 is 10.0 Å². The average molecular weight is 284 g/mol. The summed E-state index contributed by atoms with van der Waals surface area (Å²) in [7, 11) is 0. The summed E-state index contributed by atoms with van der Waals surface area (Å²) in [6.45, 7) is 1.37. The molecule has 1 saturated heterocycles. The molecular formula is C16H16N2O3. The van der Waals surface area contributed by atoms with Crippen LogP contribution in [0.1, 0.15) is 40.1 Å². The number of carboxylic acid groups (broad SMARTS) is 1. The van der Waals surface area contributed by atoms with E-state index in [1.807, 2.05) is 12.1 Å². The molecular weight excluding hydrogens is 268 g/mol. The quantitative estimate of drug-likeness (QED) is 0.920. The lowest BCUT2D eigenvalue weighted by atomic mass is 10.1. The van der Waals surface area contributed by atoms with E-state index in [1.165, 1.54) is 0 Å². The fourth-order valence-corrected chi connectivity index (χ4v) is 2.71. The minimum absolute atomic E-state index is 0.163. The van der Waals surface area contributed by atoms with Gasteiger partial charge in [0.15, 0.2) is 5.69 Å². The van der Waals surface area contributed by atoms with Gasteiger partial charge in [0.05, 0.1) is 11.1 Å². The number of benzene rings is 1. The van der Waals surface area contributed by atoms with Gasteiger partial charge in [-0.1, -0.05) is 18.2 Å². The zero-order chi connectivity index (χ0) is 14.8. The Balaban J connectivity index is 2.08. The van der Waals surface area contributed by atoms with Crippen LogP contribution in [-0.2, 0) is 0 Å². The van der Waals surface area contributed by atoms with Gasteiger partial charge in [-0.25, -0.2) is 9.78 Å². The number of carbonyl (C=O) groups excluding carboxylic acids is 1.